The largest absolute Gasteiger partial charge is 0.490 e. The number of carboxylic acids is 2. The lowest BCUT2D eigenvalue weighted by Crippen LogP contribution is -2.24. The Labute approximate surface area is 168 Å². The highest BCUT2D eigenvalue weighted by molar-refractivity contribution is 7.12. The number of hydrogen-bond acceptors (Lipinski definition) is 5. The Hall–Kier alpha value is -3.08. The number of nitrogens with zero attached hydrogens (tertiary/aromatic N) is 1. The summed E-state index contributed by atoms with van der Waals surface area (Å²) < 4.78 is 31.7. The molecule has 2 aromatic rings. The Balaban J connectivity index is 0.000000516. The minimum absolute atomic E-state index is 0.188. The molecule has 0 saturated carbocycles. The van der Waals surface area contributed by atoms with Crippen LogP contribution in [0.25, 0.3) is 0 Å². The summed E-state index contributed by atoms with van der Waals surface area (Å²) in [4.78, 5) is 35.0. The number of carboxylic acid groups (broad SMARTS) is 2. The van der Waals surface area contributed by atoms with Gasteiger partial charge in [-0.1, -0.05) is 6.07 Å². The zero-order valence-electron chi connectivity index (χ0n) is 15.5. The number of carbonyl (C=O) groups is 3. The second kappa shape index (κ2) is 10.5. The lowest BCUT2D eigenvalue weighted by atomic mass is 10.1. The summed E-state index contributed by atoms with van der Waals surface area (Å²) in [5.74, 6) is -4.00. The van der Waals surface area contributed by atoms with Crippen LogP contribution in [0.2, 0.25) is 0 Å². The number of halogens is 3. The van der Waals surface area contributed by atoms with E-state index in [-0.39, 0.29) is 11.5 Å². The number of hydrogen-bond donors (Lipinski definition) is 3. The number of nitrogens with one attached hydrogen (secondary N) is 1. The van der Waals surface area contributed by atoms with E-state index in [9.17, 15) is 27.9 Å². The van der Waals surface area contributed by atoms with E-state index in [4.69, 9.17) is 9.90 Å². The maximum atomic E-state index is 12.0. The predicted molar refractivity (Wildman–Crippen MR) is 103 cm³/mol. The first-order valence-corrected chi connectivity index (χ1v) is 9.16. The number of thiophene rings is 1. The molecule has 29 heavy (non-hydrogen) atoms. The number of anilines is 2. The van der Waals surface area contributed by atoms with Crippen molar-refractivity contribution >= 4 is 40.6 Å². The molecule has 3 N–H and O–H groups in total. The average molecular weight is 432 g/mol. The van der Waals surface area contributed by atoms with Gasteiger partial charge in [-0.3, -0.25) is 4.79 Å². The summed E-state index contributed by atoms with van der Waals surface area (Å²) in [5, 5.41) is 21.1. The molecular formula is C18H19F3N2O5S. The fourth-order valence-corrected chi connectivity index (χ4v) is 2.84. The molecule has 0 atom stereocenters. The van der Waals surface area contributed by atoms with E-state index in [0.29, 0.717) is 16.3 Å². The SMILES string of the molecule is CCN(CC)c1ccc(NC(=O)c2cccs2)cc1C(=O)O.O=C(O)C(F)(F)F. The molecule has 1 amide bonds. The van der Waals surface area contributed by atoms with E-state index in [1.807, 2.05) is 24.1 Å². The van der Waals surface area contributed by atoms with Gasteiger partial charge < -0.3 is 20.4 Å². The van der Waals surface area contributed by atoms with E-state index < -0.39 is 18.1 Å². The van der Waals surface area contributed by atoms with Gasteiger partial charge in [0.1, 0.15) is 0 Å². The topological polar surface area (TPSA) is 107 Å². The standard InChI is InChI=1S/C16H18N2O3S.C2HF3O2/c1-3-18(4-2)13-8-7-11(10-12(13)16(20)21)17-15(19)14-6-5-9-22-14;3-2(4,5)1(6)7/h5-10H,3-4H2,1-2H3,(H,17,19)(H,20,21);(H,6,7). The van der Waals surface area contributed by atoms with Crippen LogP contribution in [0.1, 0.15) is 33.9 Å². The highest BCUT2D eigenvalue weighted by Crippen LogP contribution is 2.25. The normalized spacial score (nSPS) is 10.5. The van der Waals surface area contributed by atoms with Gasteiger partial charge in [0, 0.05) is 18.8 Å². The van der Waals surface area contributed by atoms with Crippen molar-refractivity contribution in [3.63, 3.8) is 0 Å². The summed E-state index contributed by atoms with van der Waals surface area (Å²) in [6.07, 6.45) is -5.08. The monoisotopic (exact) mass is 432 g/mol. The summed E-state index contributed by atoms with van der Waals surface area (Å²) >= 11 is 1.34. The van der Waals surface area contributed by atoms with Crippen LogP contribution in [0.4, 0.5) is 24.5 Å². The van der Waals surface area contributed by atoms with Gasteiger partial charge in [-0.2, -0.15) is 13.2 Å². The third kappa shape index (κ3) is 7.11. The van der Waals surface area contributed by atoms with Crippen molar-refractivity contribution in [1.82, 2.24) is 0 Å². The quantitative estimate of drug-likeness (QED) is 0.632. The van der Waals surface area contributed by atoms with Gasteiger partial charge in [0.15, 0.2) is 0 Å². The number of aromatic carboxylic acids is 1. The second-order valence-electron chi connectivity index (χ2n) is 5.44. The molecule has 0 radical (unpaired) electrons. The molecular weight excluding hydrogens is 413 g/mol. The number of carbonyl (C=O) groups excluding carboxylic acids is 1. The Kier molecular flexibility index (Phi) is 8.64. The third-order valence-electron chi connectivity index (χ3n) is 3.58. The molecule has 1 aromatic heterocycles. The zero-order valence-corrected chi connectivity index (χ0v) is 16.3. The van der Waals surface area contributed by atoms with Gasteiger partial charge in [0.2, 0.25) is 0 Å². The van der Waals surface area contributed by atoms with Gasteiger partial charge in [-0.05, 0) is 43.5 Å². The van der Waals surface area contributed by atoms with Crippen LogP contribution in [0.15, 0.2) is 35.7 Å². The Morgan fingerprint density at radius 2 is 1.69 bits per heavy atom. The van der Waals surface area contributed by atoms with Crippen LogP contribution in [0.3, 0.4) is 0 Å². The van der Waals surface area contributed by atoms with Crippen LogP contribution >= 0.6 is 11.3 Å². The van der Waals surface area contributed by atoms with Gasteiger partial charge in [0.25, 0.3) is 5.91 Å². The second-order valence-corrected chi connectivity index (χ2v) is 6.39. The predicted octanol–water partition coefficient (Wildman–Crippen LogP) is 4.18. The molecule has 158 valence electrons. The smallest absolute Gasteiger partial charge is 0.478 e. The highest BCUT2D eigenvalue weighted by atomic mass is 32.1. The molecule has 0 unspecified atom stereocenters. The van der Waals surface area contributed by atoms with Crippen molar-refractivity contribution in [2.75, 3.05) is 23.3 Å². The van der Waals surface area contributed by atoms with Crippen molar-refractivity contribution in [3.8, 4) is 0 Å². The molecule has 0 fully saturated rings. The third-order valence-corrected chi connectivity index (χ3v) is 4.45. The van der Waals surface area contributed by atoms with E-state index in [1.165, 1.54) is 17.4 Å². The van der Waals surface area contributed by atoms with E-state index in [0.717, 1.165) is 13.1 Å². The first-order valence-electron chi connectivity index (χ1n) is 8.28. The molecule has 0 aliphatic rings. The molecule has 1 heterocycles. The molecule has 1 aromatic carbocycles. The zero-order chi connectivity index (χ0) is 22.2. The fourth-order valence-electron chi connectivity index (χ4n) is 2.23. The van der Waals surface area contributed by atoms with Gasteiger partial charge in [0.05, 0.1) is 16.1 Å². The van der Waals surface area contributed by atoms with Gasteiger partial charge >= 0.3 is 18.1 Å². The van der Waals surface area contributed by atoms with Crippen LogP contribution in [0.5, 0.6) is 0 Å². The van der Waals surface area contributed by atoms with Crippen LogP contribution in [-0.2, 0) is 4.79 Å². The molecule has 0 bridgehead atoms. The molecule has 2 rings (SSSR count). The summed E-state index contributed by atoms with van der Waals surface area (Å²) in [6.45, 7) is 5.39. The Morgan fingerprint density at radius 3 is 2.10 bits per heavy atom. The molecule has 0 saturated heterocycles. The van der Waals surface area contributed by atoms with Crippen molar-refractivity contribution in [1.29, 1.82) is 0 Å². The molecule has 7 nitrogen and oxygen atoms in total. The fraction of sp³-hybridized carbons (Fsp3) is 0.278. The minimum atomic E-state index is -5.08. The molecule has 0 aliphatic heterocycles. The van der Waals surface area contributed by atoms with Crippen LogP contribution in [0, 0.1) is 0 Å². The minimum Gasteiger partial charge on any atom is -0.478 e. The maximum absolute atomic E-state index is 12.0. The van der Waals surface area contributed by atoms with Gasteiger partial charge in [-0.15, -0.1) is 11.3 Å². The first-order chi connectivity index (χ1) is 13.5. The average Bonchev–Trinajstić information content (AvgIpc) is 3.18. The van der Waals surface area contributed by atoms with Crippen molar-refractivity contribution in [2.45, 2.75) is 20.0 Å². The Morgan fingerprint density at radius 1 is 1.10 bits per heavy atom. The number of benzene rings is 1. The molecule has 0 aliphatic carbocycles. The number of aliphatic carboxylic acids is 1. The lowest BCUT2D eigenvalue weighted by Gasteiger charge is -2.23. The van der Waals surface area contributed by atoms with Crippen molar-refractivity contribution in [3.05, 3.63) is 46.2 Å². The summed E-state index contributed by atoms with van der Waals surface area (Å²) in [5.41, 5.74) is 1.33. The highest BCUT2D eigenvalue weighted by Gasteiger charge is 2.38. The van der Waals surface area contributed by atoms with E-state index in [1.54, 1.807) is 24.3 Å². The van der Waals surface area contributed by atoms with Crippen LogP contribution in [-0.4, -0.2) is 47.3 Å². The lowest BCUT2D eigenvalue weighted by molar-refractivity contribution is -0.192. The van der Waals surface area contributed by atoms with Crippen molar-refractivity contribution < 1.29 is 37.8 Å². The van der Waals surface area contributed by atoms with E-state index in [2.05, 4.69) is 5.32 Å². The number of amides is 1. The first kappa shape index (κ1) is 24.0. The number of rotatable bonds is 6. The van der Waals surface area contributed by atoms with Gasteiger partial charge in [-0.25, -0.2) is 9.59 Å². The summed E-state index contributed by atoms with van der Waals surface area (Å²) in [7, 11) is 0. The maximum Gasteiger partial charge on any atom is 0.490 e. The molecule has 11 heteroatoms. The van der Waals surface area contributed by atoms with Crippen molar-refractivity contribution in [2.24, 2.45) is 0 Å². The van der Waals surface area contributed by atoms with Crippen LogP contribution < -0.4 is 10.2 Å². The Bertz CT molecular complexity index is 850. The number of alkyl halides is 3. The summed E-state index contributed by atoms with van der Waals surface area (Å²) in [6, 6.07) is 8.49. The molecule has 0 spiro atoms. The van der Waals surface area contributed by atoms with E-state index >= 15 is 0 Å².